The van der Waals surface area contributed by atoms with E-state index in [1.807, 2.05) is 19.1 Å². The van der Waals surface area contributed by atoms with Crippen LogP contribution in [0.1, 0.15) is 21.6 Å². The molecule has 5 nitrogen and oxygen atoms in total. The molecule has 3 rings (SSSR count). The molecule has 20 heavy (non-hydrogen) atoms. The van der Waals surface area contributed by atoms with Gasteiger partial charge in [-0.2, -0.15) is 0 Å². The zero-order valence-corrected chi connectivity index (χ0v) is 11.1. The van der Waals surface area contributed by atoms with Crippen molar-refractivity contribution in [3.63, 3.8) is 0 Å². The quantitative estimate of drug-likeness (QED) is 0.927. The predicted octanol–water partition coefficient (Wildman–Crippen LogP) is 2.05. The van der Waals surface area contributed by atoms with Crippen LogP contribution in [0.25, 0.3) is 0 Å². The van der Waals surface area contributed by atoms with Gasteiger partial charge in [0.2, 0.25) is 6.79 Å². The highest BCUT2D eigenvalue weighted by Crippen LogP contribution is 2.32. The number of ether oxygens (including phenoxy) is 2. The summed E-state index contributed by atoms with van der Waals surface area (Å²) >= 11 is 0. The van der Waals surface area contributed by atoms with Gasteiger partial charge in [0.25, 0.3) is 5.91 Å². The number of nitrogens with zero attached hydrogens (tertiary/aromatic N) is 1. The Morgan fingerprint density at radius 2 is 2.10 bits per heavy atom. The van der Waals surface area contributed by atoms with Gasteiger partial charge in [0.15, 0.2) is 11.5 Å². The monoisotopic (exact) mass is 270 g/mol. The van der Waals surface area contributed by atoms with Gasteiger partial charge >= 0.3 is 0 Å². The van der Waals surface area contributed by atoms with Crippen LogP contribution in [0.2, 0.25) is 0 Å². The zero-order chi connectivity index (χ0) is 13.9. The Balaban J connectivity index is 1.66. The number of aromatic nitrogens is 1. The van der Waals surface area contributed by atoms with Crippen molar-refractivity contribution in [3.05, 3.63) is 53.3 Å². The van der Waals surface area contributed by atoms with Crippen LogP contribution in [0.5, 0.6) is 11.5 Å². The molecule has 0 saturated heterocycles. The molecule has 0 unspecified atom stereocenters. The largest absolute Gasteiger partial charge is 0.454 e. The smallest absolute Gasteiger partial charge is 0.251 e. The van der Waals surface area contributed by atoms with Crippen molar-refractivity contribution < 1.29 is 14.3 Å². The molecule has 1 amide bonds. The van der Waals surface area contributed by atoms with Gasteiger partial charge in [-0.05, 0) is 36.8 Å². The van der Waals surface area contributed by atoms with Crippen LogP contribution in [0.3, 0.4) is 0 Å². The number of pyridine rings is 1. The molecule has 1 aromatic carbocycles. The molecule has 5 heteroatoms. The Morgan fingerprint density at radius 3 is 2.90 bits per heavy atom. The third-order valence-electron chi connectivity index (χ3n) is 3.06. The number of nitrogens with one attached hydrogen (secondary N) is 1. The minimum absolute atomic E-state index is 0.149. The van der Waals surface area contributed by atoms with Gasteiger partial charge in [-0.1, -0.05) is 6.07 Å². The fourth-order valence-electron chi connectivity index (χ4n) is 1.93. The Morgan fingerprint density at radius 1 is 1.25 bits per heavy atom. The molecule has 102 valence electrons. The van der Waals surface area contributed by atoms with Crippen LogP contribution >= 0.6 is 0 Å². The van der Waals surface area contributed by atoms with E-state index in [-0.39, 0.29) is 12.7 Å². The standard InChI is InChI=1S/C15H14N2O3/c1-10-2-3-11(7-16-10)8-17-15(18)12-4-5-13-14(6-12)20-9-19-13/h2-7H,8-9H2,1H3,(H,17,18). The fraction of sp³-hybridized carbons (Fsp3) is 0.200. The van der Waals surface area contributed by atoms with Crippen molar-refractivity contribution in [1.29, 1.82) is 0 Å². The summed E-state index contributed by atoms with van der Waals surface area (Å²) in [5.41, 5.74) is 2.47. The molecule has 0 saturated carbocycles. The first-order valence-electron chi connectivity index (χ1n) is 6.32. The van der Waals surface area contributed by atoms with Gasteiger partial charge in [-0.15, -0.1) is 0 Å². The molecule has 0 aliphatic carbocycles. The molecule has 0 bridgehead atoms. The van der Waals surface area contributed by atoms with Crippen LogP contribution in [-0.2, 0) is 6.54 Å². The number of carbonyl (C=O) groups excluding carboxylic acids is 1. The molecule has 1 aliphatic heterocycles. The van der Waals surface area contributed by atoms with Crippen molar-refractivity contribution in [2.24, 2.45) is 0 Å². The summed E-state index contributed by atoms with van der Waals surface area (Å²) in [5, 5.41) is 2.85. The average Bonchev–Trinajstić information content (AvgIpc) is 2.93. The lowest BCUT2D eigenvalue weighted by Gasteiger charge is -2.06. The Labute approximate surface area is 116 Å². The lowest BCUT2D eigenvalue weighted by atomic mass is 10.2. The van der Waals surface area contributed by atoms with Gasteiger partial charge in [0, 0.05) is 24.0 Å². The van der Waals surface area contributed by atoms with Crippen LogP contribution < -0.4 is 14.8 Å². The summed E-state index contributed by atoms with van der Waals surface area (Å²) in [4.78, 5) is 16.2. The van der Waals surface area contributed by atoms with Gasteiger partial charge in [0.1, 0.15) is 0 Å². The van der Waals surface area contributed by atoms with E-state index in [9.17, 15) is 4.79 Å². The number of benzene rings is 1. The lowest BCUT2D eigenvalue weighted by molar-refractivity contribution is 0.0950. The summed E-state index contributed by atoms with van der Waals surface area (Å²) in [6.45, 7) is 2.57. The lowest BCUT2D eigenvalue weighted by Crippen LogP contribution is -2.22. The number of hydrogen-bond donors (Lipinski definition) is 1. The molecule has 2 aromatic rings. The number of fused-ring (bicyclic) bond motifs is 1. The van der Waals surface area contributed by atoms with Gasteiger partial charge < -0.3 is 14.8 Å². The minimum atomic E-state index is -0.149. The van der Waals surface area contributed by atoms with Crippen molar-refractivity contribution in [2.75, 3.05) is 6.79 Å². The zero-order valence-electron chi connectivity index (χ0n) is 11.1. The average molecular weight is 270 g/mol. The number of aryl methyl sites for hydroxylation is 1. The summed E-state index contributed by atoms with van der Waals surface area (Å²) in [6, 6.07) is 9.01. The molecule has 1 aliphatic rings. The van der Waals surface area contributed by atoms with Crippen molar-refractivity contribution in [1.82, 2.24) is 10.3 Å². The molecule has 2 heterocycles. The molecule has 0 fully saturated rings. The Bertz CT molecular complexity index is 638. The van der Waals surface area contributed by atoms with E-state index in [0.29, 0.717) is 23.6 Å². The van der Waals surface area contributed by atoms with Crippen molar-refractivity contribution in [3.8, 4) is 11.5 Å². The first-order valence-corrected chi connectivity index (χ1v) is 6.32. The number of carbonyl (C=O) groups is 1. The van der Waals surface area contributed by atoms with Crippen LogP contribution in [-0.4, -0.2) is 17.7 Å². The number of amides is 1. The molecular formula is C15H14N2O3. The first-order chi connectivity index (χ1) is 9.72. The summed E-state index contributed by atoms with van der Waals surface area (Å²) < 4.78 is 10.5. The van der Waals surface area contributed by atoms with E-state index in [0.717, 1.165) is 11.3 Å². The third kappa shape index (κ3) is 2.56. The highest BCUT2D eigenvalue weighted by Gasteiger charge is 2.15. The maximum Gasteiger partial charge on any atom is 0.251 e. The number of hydrogen-bond acceptors (Lipinski definition) is 4. The molecular weight excluding hydrogens is 256 g/mol. The van der Waals surface area contributed by atoms with Gasteiger partial charge in [-0.3, -0.25) is 9.78 Å². The Hall–Kier alpha value is -2.56. The predicted molar refractivity (Wildman–Crippen MR) is 72.7 cm³/mol. The van der Waals surface area contributed by atoms with E-state index in [1.54, 1.807) is 24.4 Å². The van der Waals surface area contributed by atoms with E-state index < -0.39 is 0 Å². The molecule has 0 radical (unpaired) electrons. The first kappa shape index (κ1) is 12.5. The summed E-state index contributed by atoms with van der Waals surface area (Å²) in [5.74, 6) is 1.13. The Kier molecular flexibility index (Phi) is 3.25. The molecule has 1 aromatic heterocycles. The van der Waals surface area contributed by atoms with Gasteiger partial charge in [-0.25, -0.2) is 0 Å². The molecule has 0 spiro atoms. The van der Waals surface area contributed by atoms with Crippen molar-refractivity contribution in [2.45, 2.75) is 13.5 Å². The maximum absolute atomic E-state index is 12.1. The van der Waals surface area contributed by atoms with Crippen LogP contribution in [0, 0.1) is 6.92 Å². The molecule has 0 atom stereocenters. The summed E-state index contributed by atoms with van der Waals surface area (Å²) in [7, 11) is 0. The van der Waals surface area contributed by atoms with Crippen molar-refractivity contribution >= 4 is 5.91 Å². The van der Waals surface area contributed by atoms with Gasteiger partial charge in [0.05, 0.1) is 0 Å². The molecule has 1 N–H and O–H groups in total. The topological polar surface area (TPSA) is 60.5 Å². The highest BCUT2D eigenvalue weighted by molar-refractivity contribution is 5.94. The van der Waals surface area contributed by atoms with Crippen LogP contribution in [0.4, 0.5) is 0 Å². The SMILES string of the molecule is Cc1ccc(CNC(=O)c2ccc3c(c2)OCO3)cn1. The van der Waals surface area contributed by atoms with E-state index in [4.69, 9.17) is 9.47 Å². The third-order valence-corrected chi connectivity index (χ3v) is 3.06. The normalized spacial score (nSPS) is 12.2. The highest BCUT2D eigenvalue weighted by atomic mass is 16.7. The second kappa shape index (κ2) is 5.21. The minimum Gasteiger partial charge on any atom is -0.454 e. The van der Waals surface area contributed by atoms with Crippen LogP contribution in [0.15, 0.2) is 36.5 Å². The van der Waals surface area contributed by atoms with E-state index >= 15 is 0 Å². The number of rotatable bonds is 3. The van der Waals surface area contributed by atoms with E-state index in [2.05, 4.69) is 10.3 Å². The van der Waals surface area contributed by atoms with E-state index in [1.165, 1.54) is 0 Å². The second-order valence-electron chi connectivity index (χ2n) is 4.56. The second-order valence-corrected chi connectivity index (χ2v) is 4.56. The maximum atomic E-state index is 12.1. The summed E-state index contributed by atoms with van der Waals surface area (Å²) in [6.07, 6.45) is 1.76. The fourth-order valence-corrected chi connectivity index (χ4v) is 1.93.